The van der Waals surface area contributed by atoms with E-state index in [0.29, 0.717) is 0 Å². The van der Waals surface area contributed by atoms with Crippen molar-refractivity contribution >= 4 is 11.6 Å². The van der Waals surface area contributed by atoms with Gasteiger partial charge in [-0.05, 0) is 17.2 Å². The molecule has 2 aliphatic heterocycles. The van der Waals surface area contributed by atoms with E-state index in [-0.39, 0.29) is 10.8 Å². The van der Waals surface area contributed by atoms with Crippen LogP contribution in [0.1, 0.15) is 28.7 Å². The molecule has 1 saturated heterocycles. The number of rotatable bonds is 3. The Bertz CT molecular complexity index is 1120. The Kier molecular flexibility index (Phi) is 4.18. The molecule has 1 spiro atoms. The first-order valence-electron chi connectivity index (χ1n) is 9.94. The highest BCUT2D eigenvalue weighted by Crippen LogP contribution is 2.56. The zero-order valence-corrected chi connectivity index (χ0v) is 16.4. The number of carbonyl (C=O) groups is 1. The van der Waals surface area contributed by atoms with Crippen LogP contribution in [-0.4, -0.2) is 23.9 Å². The number of nitro groups is 1. The Labute approximate surface area is 174 Å². The summed E-state index contributed by atoms with van der Waals surface area (Å²) in [6.45, 7) is 0. The first kappa shape index (κ1) is 18.5. The summed E-state index contributed by atoms with van der Waals surface area (Å²) in [4.78, 5) is 27.6. The molecule has 6 nitrogen and oxygen atoms in total. The highest BCUT2D eigenvalue weighted by molar-refractivity contribution is 6.08. The van der Waals surface area contributed by atoms with Gasteiger partial charge in [0.2, 0.25) is 6.04 Å². The van der Waals surface area contributed by atoms with Crippen LogP contribution in [0.25, 0.3) is 0 Å². The van der Waals surface area contributed by atoms with Gasteiger partial charge in [-0.25, -0.2) is 0 Å². The second-order valence-corrected chi connectivity index (χ2v) is 7.89. The van der Waals surface area contributed by atoms with Crippen LogP contribution in [0.15, 0.2) is 84.9 Å². The number of nitrogens with zero attached hydrogens (tertiary/aromatic N) is 2. The zero-order chi connectivity index (χ0) is 20.9. The maximum atomic E-state index is 13.8. The molecule has 0 radical (unpaired) electrons. The lowest BCUT2D eigenvalue weighted by molar-refractivity contribution is -0.527. The van der Waals surface area contributed by atoms with Gasteiger partial charge in [-0.3, -0.25) is 20.2 Å². The third-order valence-electron chi connectivity index (χ3n) is 6.43. The highest BCUT2D eigenvalue weighted by atomic mass is 16.6. The molecule has 0 unspecified atom stereocenters. The molecule has 1 N–H and O–H groups in total. The number of anilines is 1. The topological polar surface area (TPSA) is 75.5 Å². The van der Waals surface area contributed by atoms with Gasteiger partial charge < -0.3 is 4.90 Å². The van der Waals surface area contributed by atoms with Crippen LogP contribution in [0, 0.1) is 10.1 Å². The molecule has 3 aromatic carbocycles. The summed E-state index contributed by atoms with van der Waals surface area (Å²) >= 11 is 0. The number of likely N-dealkylation sites (N-methyl/N-ethyl adjacent to an activating group) is 1. The molecule has 2 heterocycles. The van der Waals surface area contributed by atoms with Gasteiger partial charge in [0.05, 0.1) is 5.92 Å². The first-order chi connectivity index (χ1) is 14.6. The van der Waals surface area contributed by atoms with Crippen LogP contribution in [-0.2, 0) is 10.3 Å². The van der Waals surface area contributed by atoms with E-state index < -0.39 is 23.5 Å². The van der Waals surface area contributed by atoms with Gasteiger partial charge in [0.15, 0.2) is 0 Å². The Hall–Kier alpha value is -3.51. The predicted molar refractivity (Wildman–Crippen MR) is 114 cm³/mol. The van der Waals surface area contributed by atoms with Gasteiger partial charge in [-0.15, -0.1) is 0 Å². The van der Waals surface area contributed by atoms with E-state index in [0.717, 1.165) is 22.4 Å². The Balaban J connectivity index is 1.80. The maximum absolute atomic E-state index is 13.8. The molecule has 4 atom stereocenters. The molecule has 150 valence electrons. The summed E-state index contributed by atoms with van der Waals surface area (Å²) in [6.07, 6.45) is 0. The minimum Gasteiger partial charge on any atom is -0.313 e. The van der Waals surface area contributed by atoms with Crippen LogP contribution in [0.4, 0.5) is 5.69 Å². The van der Waals surface area contributed by atoms with Crippen molar-refractivity contribution in [1.29, 1.82) is 0 Å². The Morgan fingerprint density at radius 3 is 2.10 bits per heavy atom. The van der Waals surface area contributed by atoms with E-state index in [1.165, 1.54) is 0 Å². The summed E-state index contributed by atoms with van der Waals surface area (Å²) in [7, 11) is 1.73. The first-order valence-corrected chi connectivity index (χ1v) is 9.94. The zero-order valence-electron chi connectivity index (χ0n) is 16.4. The van der Waals surface area contributed by atoms with Crippen molar-refractivity contribution in [2.45, 2.75) is 23.5 Å². The predicted octanol–water partition coefficient (Wildman–Crippen LogP) is 3.63. The fourth-order valence-corrected chi connectivity index (χ4v) is 5.19. The fraction of sp³-hybridized carbons (Fsp3) is 0.208. The molecule has 6 heteroatoms. The number of hydrogen-bond acceptors (Lipinski definition) is 4. The largest absolute Gasteiger partial charge is 0.313 e. The molecule has 3 aromatic rings. The van der Waals surface area contributed by atoms with Crippen LogP contribution in [0.3, 0.4) is 0 Å². The minimum absolute atomic E-state index is 0.164. The van der Waals surface area contributed by atoms with E-state index in [2.05, 4.69) is 5.32 Å². The number of benzene rings is 3. The normalized spacial score (nSPS) is 27.4. The number of fused-ring (bicyclic) bond motifs is 2. The van der Waals surface area contributed by atoms with Crippen molar-refractivity contribution in [3.63, 3.8) is 0 Å². The molecule has 0 aromatic heterocycles. The molecule has 0 bridgehead atoms. The molecule has 30 heavy (non-hydrogen) atoms. The van der Waals surface area contributed by atoms with Gasteiger partial charge in [0.25, 0.3) is 5.91 Å². The van der Waals surface area contributed by atoms with E-state index in [9.17, 15) is 14.9 Å². The molecule has 1 fully saturated rings. The Morgan fingerprint density at radius 2 is 1.47 bits per heavy atom. The van der Waals surface area contributed by atoms with Crippen LogP contribution in [0.5, 0.6) is 0 Å². The van der Waals surface area contributed by atoms with Crippen molar-refractivity contribution in [2.75, 3.05) is 11.9 Å². The van der Waals surface area contributed by atoms with Crippen molar-refractivity contribution < 1.29 is 9.72 Å². The quantitative estimate of drug-likeness (QED) is 0.539. The number of carbonyl (C=O) groups excluding carboxylic acids is 1. The number of para-hydroxylation sites is 1. The highest BCUT2D eigenvalue weighted by Gasteiger charge is 2.67. The molecular weight excluding hydrogens is 378 g/mol. The number of nitrogens with one attached hydrogen (secondary N) is 1. The van der Waals surface area contributed by atoms with E-state index in [4.69, 9.17) is 0 Å². The molecule has 1 amide bonds. The van der Waals surface area contributed by atoms with Gasteiger partial charge in [0, 0.05) is 23.2 Å². The van der Waals surface area contributed by atoms with Crippen molar-refractivity contribution in [2.24, 2.45) is 0 Å². The number of hydrogen-bond donors (Lipinski definition) is 1. The maximum Gasteiger partial charge on any atom is 0.252 e. The van der Waals surface area contributed by atoms with E-state index in [1.54, 1.807) is 11.9 Å². The van der Waals surface area contributed by atoms with Crippen molar-refractivity contribution in [3.8, 4) is 0 Å². The van der Waals surface area contributed by atoms with E-state index in [1.807, 2.05) is 84.9 Å². The van der Waals surface area contributed by atoms with E-state index >= 15 is 0 Å². The second kappa shape index (κ2) is 6.78. The third-order valence-corrected chi connectivity index (χ3v) is 6.43. The summed E-state index contributed by atoms with van der Waals surface area (Å²) in [5, 5.41) is 15.9. The summed E-state index contributed by atoms with van der Waals surface area (Å²) in [6, 6.07) is 24.7. The summed E-state index contributed by atoms with van der Waals surface area (Å²) in [5.74, 6) is -0.819. The van der Waals surface area contributed by atoms with Crippen LogP contribution < -0.4 is 10.2 Å². The lowest BCUT2D eigenvalue weighted by Crippen LogP contribution is -2.50. The van der Waals surface area contributed by atoms with Crippen molar-refractivity contribution in [1.82, 2.24) is 5.32 Å². The molecular formula is C24H21N3O3. The average Bonchev–Trinajstić information content (AvgIpc) is 3.25. The third kappa shape index (κ3) is 2.44. The Morgan fingerprint density at radius 1 is 0.900 bits per heavy atom. The monoisotopic (exact) mass is 399 g/mol. The molecule has 0 aliphatic carbocycles. The van der Waals surface area contributed by atoms with Crippen LogP contribution >= 0.6 is 0 Å². The fourth-order valence-electron chi connectivity index (χ4n) is 5.19. The standard InChI is InChI=1S/C24H21N3O3/c1-26-19-15-9-8-14-18(19)24(23(26)28)20(16-10-4-2-5-11-16)22(27(29)30)21(25-24)17-12-6-3-7-13-17/h2-15,20-22,25H,1H3/t20-,21-,22-,24-/m0/s1. The minimum atomic E-state index is -1.20. The molecule has 2 aliphatic rings. The van der Waals surface area contributed by atoms with Gasteiger partial charge in [-0.2, -0.15) is 0 Å². The molecule has 0 saturated carbocycles. The van der Waals surface area contributed by atoms with Gasteiger partial charge >= 0.3 is 0 Å². The van der Waals surface area contributed by atoms with Crippen LogP contribution in [0.2, 0.25) is 0 Å². The van der Waals surface area contributed by atoms with Crippen molar-refractivity contribution in [3.05, 3.63) is 112 Å². The smallest absolute Gasteiger partial charge is 0.252 e. The lowest BCUT2D eigenvalue weighted by Gasteiger charge is -2.30. The van der Waals surface area contributed by atoms with Gasteiger partial charge in [-0.1, -0.05) is 78.9 Å². The average molecular weight is 399 g/mol. The second-order valence-electron chi connectivity index (χ2n) is 7.89. The number of amides is 1. The summed E-state index contributed by atoms with van der Waals surface area (Å²) in [5.41, 5.74) is 1.95. The SMILES string of the molecule is CN1C(=O)[C@]2(N[C@@H](c3ccccc3)[C@@H]([N+](=O)[O-])[C@@H]2c2ccccc2)c2ccccc21. The van der Waals surface area contributed by atoms with Gasteiger partial charge in [0.1, 0.15) is 11.6 Å². The summed E-state index contributed by atoms with van der Waals surface area (Å²) < 4.78 is 0. The molecule has 5 rings (SSSR count). The lowest BCUT2D eigenvalue weighted by atomic mass is 9.74.